The van der Waals surface area contributed by atoms with Crippen molar-refractivity contribution >= 4 is 7.60 Å². The Hall–Kier alpha value is -0.630. The lowest BCUT2D eigenvalue weighted by molar-refractivity contribution is 0.237. The van der Waals surface area contributed by atoms with E-state index in [2.05, 4.69) is 13.2 Å². The van der Waals surface area contributed by atoms with Crippen molar-refractivity contribution in [1.29, 1.82) is 0 Å². The molecule has 1 atom stereocenters. The molecule has 3 nitrogen and oxygen atoms in total. The lowest BCUT2D eigenvalue weighted by Gasteiger charge is -2.12. The van der Waals surface area contributed by atoms with E-state index in [1.165, 1.54) is 6.08 Å². The van der Waals surface area contributed by atoms with Crippen LogP contribution in [0.15, 0.2) is 36.7 Å². The Kier molecular flexibility index (Phi) is 3.67. The summed E-state index contributed by atoms with van der Waals surface area (Å²) in [5, 5.41) is 0.566. The van der Waals surface area contributed by atoms with E-state index in [-0.39, 0.29) is 0 Å². The fourth-order valence-electron chi connectivity index (χ4n) is 0.970. The van der Waals surface area contributed by atoms with Crippen molar-refractivity contribution in [2.75, 3.05) is 13.2 Å². The second kappa shape index (κ2) is 4.56. The van der Waals surface area contributed by atoms with E-state index in [9.17, 15) is 4.57 Å². The monoisotopic (exact) mass is 200 g/mol. The zero-order valence-corrected chi connectivity index (χ0v) is 8.33. The van der Waals surface area contributed by atoms with Crippen molar-refractivity contribution in [2.45, 2.75) is 6.42 Å². The summed E-state index contributed by atoms with van der Waals surface area (Å²) < 4.78 is 22.0. The summed E-state index contributed by atoms with van der Waals surface area (Å²) >= 11 is 0. The molecule has 0 saturated carbocycles. The zero-order chi connectivity index (χ0) is 9.73. The van der Waals surface area contributed by atoms with Crippen LogP contribution >= 0.6 is 7.60 Å². The molecule has 72 valence electrons. The van der Waals surface area contributed by atoms with Gasteiger partial charge in [0.1, 0.15) is 0 Å². The zero-order valence-electron chi connectivity index (χ0n) is 7.44. The Balaban J connectivity index is 2.56. The third-order valence-electron chi connectivity index (χ3n) is 1.65. The number of hydrogen-bond acceptors (Lipinski definition) is 3. The summed E-state index contributed by atoms with van der Waals surface area (Å²) in [5.74, 6) is 0. The Morgan fingerprint density at radius 1 is 1.69 bits per heavy atom. The molecule has 1 rings (SSSR count). The Morgan fingerprint density at radius 2 is 2.46 bits per heavy atom. The molecular formula is C9H13O3P. The number of hydrogen-bond donors (Lipinski definition) is 0. The molecule has 0 saturated heterocycles. The molecular weight excluding hydrogens is 187 g/mol. The molecule has 0 fully saturated rings. The molecule has 13 heavy (non-hydrogen) atoms. The quantitative estimate of drug-likeness (QED) is 0.389. The molecule has 0 aliphatic carbocycles. The van der Waals surface area contributed by atoms with Crippen LogP contribution in [-0.4, -0.2) is 13.2 Å². The van der Waals surface area contributed by atoms with Gasteiger partial charge < -0.3 is 9.05 Å². The lowest BCUT2D eigenvalue weighted by atomic mass is 10.5. The van der Waals surface area contributed by atoms with Crippen LogP contribution in [0.25, 0.3) is 0 Å². The average molecular weight is 200 g/mol. The number of allylic oxidation sites excluding steroid dienone is 2. The van der Waals surface area contributed by atoms with Crippen LogP contribution < -0.4 is 0 Å². The Bertz CT molecular complexity index is 281. The molecule has 4 heteroatoms. The van der Waals surface area contributed by atoms with Crippen LogP contribution in [0, 0.1) is 0 Å². The predicted octanol–water partition coefficient (Wildman–Crippen LogP) is 2.87. The Morgan fingerprint density at radius 3 is 3.08 bits per heavy atom. The van der Waals surface area contributed by atoms with Gasteiger partial charge >= 0.3 is 7.60 Å². The fraction of sp³-hybridized carbons (Fsp3) is 0.333. The minimum Gasteiger partial charge on any atom is -0.305 e. The maximum Gasteiger partial charge on any atom is 0.361 e. The summed E-state index contributed by atoms with van der Waals surface area (Å²) in [6, 6.07) is 0. The minimum absolute atomic E-state index is 0.340. The van der Waals surface area contributed by atoms with Gasteiger partial charge in [0.25, 0.3) is 0 Å². The highest BCUT2D eigenvalue weighted by molar-refractivity contribution is 7.59. The van der Waals surface area contributed by atoms with Crippen molar-refractivity contribution in [3.05, 3.63) is 36.7 Å². The van der Waals surface area contributed by atoms with Gasteiger partial charge in [-0.3, -0.25) is 4.57 Å². The topological polar surface area (TPSA) is 35.5 Å². The minimum atomic E-state index is -3.01. The van der Waals surface area contributed by atoms with Gasteiger partial charge in [-0.25, -0.2) is 0 Å². The van der Waals surface area contributed by atoms with Crippen LogP contribution in [0.5, 0.6) is 0 Å². The third kappa shape index (κ3) is 2.41. The molecule has 0 radical (unpaired) electrons. The molecule has 0 aromatic heterocycles. The van der Waals surface area contributed by atoms with Gasteiger partial charge in [0, 0.05) is 0 Å². The van der Waals surface area contributed by atoms with E-state index < -0.39 is 7.60 Å². The SMILES string of the molecule is C=CCCOP1(=O)OCC=C1C=C. The molecule has 1 aliphatic heterocycles. The first-order chi connectivity index (χ1) is 6.23. The maximum atomic E-state index is 11.8. The molecule has 0 aromatic rings. The van der Waals surface area contributed by atoms with Crippen LogP contribution in [0.3, 0.4) is 0 Å². The highest BCUT2D eigenvalue weighted by atomic mass is 31.2. The highest BCUT2D eigenvalue weighted by Crippen LogP contribution is 2.59. The van der Waals surface area contributed by atoms with Gasteiger partial charge in [-0.15, -0.1) is 6.58 Å². The fourth-order valence-corrected chi connectivity index (χ4v) is 2.48. The van der Waals surface area contributed by atoms with E-state index in [0.29, 0.717) is 24.9 Å². The first-order valence-corrected chi connectivity index (χ1v) is 5.60. The van der Waals surface area contributed by atoms with E-state index in [4.69, 9.17) is 9.05 Å². The van der Waals surface area contributed by atoms with Crippen molar-refractivity contribution < 1.29 is 13.6 Å². The van der Waals surface area contributed by atoms with Gasteiger partial charge in [0.05, 0.1) is 18.5 Å². The average Bonchev–Trinajstić information content (AvgIpc) is 2.47. The normalized spacial score (nSPS) is 26.9. The van der Waals surface area contributed by atoms with Crippen molar-refractivity contribution in [3.8, 4) is 0 Å². The lowest BCUT2D eigenvalue weighted by Crippen LogP contribution is -1.93. The summed E-state index contributed by atoms with van der Waals surface area (Å²) in [7, 11) is -3.01. The highest BCUT2D eigenvalue weighted by Gasteiger charge is 2.31. The van der Waals surface area contributed by atoms with Crippen molar-refractivity contribution in [2.24, 2.45) is 0 Å². The van der Waals surface area contributed by atoms with Gasteiger partial charge in [-0.05, 0) is 12.5 Å². The van der Waals surface area contributed by atoms with Crippen LogP contribution in [-0.2, 0) is 13.6 Å². The second-order valence-electron chi connectivity index (χ2n) is 2.54. The summed E-state index contributed by atoms with van der Waals surface area (Å²) in [5.41, 5.74) is 0. The molecule has 0 N–H and O–H groups in total. The standard InChI is InChI=1S/C9H13O3P/c1-3-5-7-11-13(10)9(4-2)6-8-12-13/h3-4,6H,1-2,5,7-8H2. The van der Waals surface area contributed by atoms with Crippen molar-refractivity contribution in [1.82, 2.24) is 0 Å². The molecule has 0 amide bonds. The van der Waals surface area contributed by atoms with Gasteiger partial charge in [0.2, 0.25) is 0 Å². The molecule has 0 spiro atoms. The van der Waals surface area contributed by atoms with Crippen LogP contribution in [0.2, 0.25) is 0 Å². The number of rotatable bonds is 5. The molecule has 1 unspecified atom stereocenters. The van der Waals surface area contributed by atoms with Crippen molar-refractivity contribution in [3.63, 3.8) is 0 Å². The largest absolute Gasteiger partial charge is 0.361 e. The molecule has 1 aliphatic rings. The van der Waals surface area contributed by atoms with Crippen LogP contribution in [0.4, 0.5) is 0 Å². The van der Waals surface area contributed by atoms with E-state index >= 15 is 0 Å². The summed E-state index contributed by atoms with van der Waals surface area (Å²) in [6.07, 6.45) is 5.61. The van der Waals surface area contributed by atoms with E-state index in [1.54, 1.807) is 12.2 Å². The summed E-state index contributed by atoms with van der Waals surface area (Å²) in [6.45, 7) is 7.79. The predicted molar refractivity (Wildman–Crippen MR) is 52.6 cm³/mol. The summed E-state index contributed by atoms with van der Waals surface area (Å²) in [4.78, 5) is 0. The maximum absolute atomic E-state index is 11.8. The first kappa shape index (κ1) is 10.5. The molecule has 1 heterocycles. The smallest absolute Gasteiger partial charge is 0.305 e. The van der Waals surface area contributed by atoms with Crippen LogP contribution in [0.1, 0.15) is 6.42 Å². The Labute approximate surface area is 78.3 Å². The first-order valence-electron chi connectivity index (χ1n) is 4.06. The van der Waals surface area contributed by atoms with E-state index in [1.807, 2.05) is 0 Å². The molecule has 0 bridgehead atoms. The molecule has 0 aromatic carbocycles. The van der Waals surface area contributed by atoms with Gasteiger partial charge in [-0.2, -0.15) is 0 Å². The van der Waals surface area contributed by atoms with Gasteiger partial charge in [-0.1, -0.05) is 18.7 Å². The third-order valence-corrected chi connectivity index (χ3v) is 3.65. The van der Waals surface area contributed by atoms with Gasteiger partial charge in [0.15, 0.2) is 0 Å². The second-order valence-corrected chi connectivity index (χ2v) is 4.56. The van der Waals surface area contributed by atoms with E-state index in [0.717, 1.165) is 0 Å².